The number of carbonyl (C=O) groups excluding carboxylic acids is 1. The van der Waals surface area contributed by atoms with Gasteiger partial charge in [-0.3, -0.25) is 4.79 Å². The fourth-order valence-electron chi connectivity index (χ4n) is 1.19. The van der Waals surface area contributed by atoms with E-state index in [-0.39, 0.29) is 6.42 Å². The number of rotatable bonds is 4. The van der Waals surface area contributed by atoms with Crippen LogP contribution in [0.2, 0.25) is 0 Å². The summed E-state index contributed by atoms with van der Waals surface area (Å²) in [6.07, 6.45) is -12.7. The molecule has 1 heterocycles. The Bertz CT molecular complexity index is 437. The molecular weight excluding hydrogens is 314 g/mol. The predicted octanol–water partition coefficient (Wildman–Crippen LogP) is 2.06. The summed E-state index contributed by atoms with van der Waals surface area (Å²) >= 11 is 1.18. The molecule has 0 unspecified atom stereocenters. The molecule has 0 aliphatic rings. The van der Waals surface area contributed by atoms with Crippen molar-refractivity contribution in [3.8, 4) is 0 Å². The van der Waals surface area contributed by atoms with Crippen molar-refractivity contribution in [2.24, 2.45) is 0 Å². The normalized spacial score (nSPS) is 13.3. The van der Waals surface area contributed by atoms with Crippen molar-refractivity contribution in [3.63, 3.8) is 0 Å². The molecule has 0 atom stereocenters. The van der Waals surface area contributed by atoms with Crippen molar-refractivity contribution in [3.05, 3.63) is 22.4 Å². The van der Waals surface area contributed by atoms with Gasteiger partial charge in [-0.25, -0.2) is 0 Å². The average molecular weight is 321 g/mol. The number of halogens is 6. The minimum absolute atomic E-state index is 0.0742. The van der Waals surface area contributed by atoms with Crippen LogP contribution in [-0.2, 0) is 16.0 Å². The first-order valence-electron chi connectivity index (χ1n) is 5.03. The second-order valence-corrected chi connectivity index (χ2v) is 4.67. The SMILES string of the molecule is O=C(OCCc1cccs1)C([O-])(C(F)(F)F)C(F)(F)F. The van der Waals surface area contributed by atoms with Gasteiger partial charge in [-0.15, -0.1) is 11.3 Å². The van der Waals surface area contributed by atoms with Crippen LogP contribution in [0.3, 0.4) is 0 Å². The lowest BCUT2D eigenvalue weighted by atomic mass is 10.0. The van der Waals surface area contributed by atoms with Gasteiger partial charge in [-0.05, 0) is 11.4 Å². The molecule has 0 aliphatic heterocycles. The van der Waals surface area contributed by atoms with E-state index < -0.39 is 30.5 Å². The Kier molecular flexibility index (Phi) is 4.70. The van der Waals surface area contributed by atoms with Gasteiger partial charge in [0, 0.05) is 11.3 Å². The van der Waals surface area contributed by atoms with E-state index in [0.29, 0.717) is 4.88 Å². The predicted molar refractivity (Wildman–Crippen MR) is 53.8 cm³/mol. The third-order valence-electron chi connectivity index (χ3n) is 2.25. The lowest BCUT2D eigenvalue weighted by molar-refractivity contribution is -0.574. The summed E-state index contributed by atoms with van der Waals surface area (Å²) in [6, 6.07) is 3.15. The van der Waals surface area contributed by atoms with E-state index in [4.69, 9.17) is 0 Å². The third kappa shape index (κ3) is 3.23. The van der Waals surface area contributed by atoms with Crippen LogP contribution in [-0.4, -0.2) is 30.5 Å². The quantitative estimate of drug-likeness (QED) is 0.630. The van der Waals surface area contributed by atoms with Gasteiger partial charge in [0.05, 0.1) is 6.61 Å². The zero-order valence-corrected chi connectivity index (χ0v) is 10.4. The lowest BCUT2D eigenvalue weighted by Gasteiger charge is -2.40. The molecule has 0 fully saturated rings. The van der Waals surface area contributed by atoms with Crippen molar-refractivity contribution >= 4 is 17.3 Å². The van der Waals surface area contributed by atoms with Crippen LogP contribution in [0.4, 0.5) is 26.3 Å². The molecule has 0 N–H and O–H groups in total. The van der Waals surface area contributed by atoms with Crippen LogP contribution < -0.4 is 5.11 Å². The maximum atomic E-state index is 12.2. The van der Waals surface area contributed by atoms with Gasteiger partial charge in [0.25, 0.3) is 0 Å². The van der Waals surface area contributed by atoms with E-state index >= 15 is 0 Å². The van der Waals surface area contributed by atoms with Crippen molar-refractivity contribution in [1.29, 1.82) is 0 Å². The standard InChI is InChI=1S/C10H7F6O3S/c11-9(12,13)8(18,10(14,15)16)7(17)19-4-3-6-2-1-5-20-6/h1-2,5H,3-4H2/q-1. The first-order valence-corrected chi connectivity index (χ1v) is 5.91. The van der Waals surface area contributed by atoms with E-state index in [9.17, 15) is 36.2 Å². The molecule has 0 spiro atoms. The summed E-state index contributed by atoms with van der Waals surface area (Å²) in [6.45, 7) is -0.741. The van der Waals surface area contributed by atoms with E-state index in [0.717, 1.165) is 0 Å². The van der Waals surface area contributed by atoms with E-state index in [2.05, 4.69) is 4.74 Å². The minimum Gasteiger partial charge on any atom is -0.828 e. The lowest BCUT2D eigenvalue weighted by Crippen LogP contribution is -2.71. The minimum atomic E-state index is -6.33. The number of hydrogen-bond acceptors (Lipinski definition) is 4. The maximum absolute atomic E-state index is 12.2. The summed E-state index contributed by atoms with van der Waals surface area (Å²) in [4.78, 5) is 11.5. The molecule has 10 heteroatoms. The van der Waals surface area contributed by atoms with Crippen LogP contribution in [0.1, 0.15) is 4.88 Å². The van der Waals surface area contributed by atoms with Crippen LogP contribution >= 0.6 is 11.3 Å². The number of alkyl halides is 6. The summed E-state index contributed by atoms with van der Waals surface area (Å²) in [7, 11) is 0. The zero-order valence-electron chi connectivity index (χ0n) is 9.55. The Morgan fingerprint density at radius 1 is 1.20 bits per heavy atom. The van der Waals surface area contributed by atoms with Crippen molar-refractivity contribution in [2.45, 2.75) is 24.4 Å². The van der Waals surface area contributed by atoms with Gasteiger partial charge in [-0.1, -0.05) is 6.07 Å². The highest BCUT2D eigenvalue weighted by Gasteiger charge is 2.68. The Labute approximate surface area is 112 Å². The van der Waals surface area contributed by atoms with Gasteiger partial charge in [0.2, 0.25) is 0 Å². The highest BCUT2D eigenvalue weighted by atomic mass is 32.1. The van der Waals surface area contributed by atoms with Crippen molar-refractivity contribution in [2.75, 3.05) is 6.61 Å². The van der Waals surface area contributed by atoms with Gasteiger partial charge >= 0.3 is 18.3 Å². The molecule has 1 aromatic rings. The number of carbonyl (C=O) groups is 1. The molecule has 20 heavy (non-hydrogen) atoms. The van der Waals surface area contributed by atoms with Crippen LogP contribution in [0.15, 0.2) is 17.5 Å². The van der Waals surface area contributed by atoms with Crippen LogP contribution in [0.25, 0.3) is 0 Å². The van der Waals surface area contributed by atoms with Crippen molar-refractivity contribution in [1.82, 2.24) is 0 Å². The molecule has 1 rings (SSSR count). The molecule has 3 nitrogen and oxygen atoms in total. The molecule has 0 aromatic carbocycles. The van der Waals surface area contributed by atoms with Crippen LogP contribution in [0, 0.1) is 0 Å². The first kappa shape index (κ1) is 16.8. The topological polar surface area (TPSA) is 49.4 Å². The molecule has 1 aromatic heterocycles. The first-order chi connectivity index (χ1) is 9.00. The van der Waals surface area contributed by atoms with Gasteiger partial charge in [0.15, 0.2) is 5.60 Å². The van der Waals surface area contributed by atoms with Gasteiger partial charge in [-0.2, -0.15) is 26.3 Å². The number of esters is 1. The van der Waals surface area contributed by atoms with Gasteiger partial charge in [0.1, 0.15) is 0 Å². The Morgan fingerprint density at radius 3 is 2.15 bits per heavy atom. The van der Waals surface area contributed by atoms with E-state index in [1.54, 1.807) is 17.5 Å². The Hall–Kier alpha value is -1.29. The zero-order chi connectivity index (χ0) is 15.6. The second-order valence-electron chi connectivity index (χ2n) is 3.64. The Balaban J connectivity index is 2.75. The smallest absolute Gasteiger partial charge is 0.399 e. The van der Waals surface area contributed by atoms with E-state index in [1.165, 1.54) is 11.3 Å². The number of hydrogen-bond donors (Lipinski definition) is 0. The Morgan fingerprint density at radius 2 is 1.75 bits per heavy atom. The molecule has 0 saturated carbocycles. The molecule has 0 bridgehead atoms. The van der Waals surface area contributed by atoms with Gasteiger partial charge < -0.3 is 9.84 Å². The number of thiophene rings is 1. The molecule has 0 aliphatic carbocycles. The summed E-state index contributed by atoms with van der Waals surface area (Å²) < 4.78 is 77.2. The van der Waals surface area contributed by atoms with E-state index in [1.807, 2.05) is 0 Å². The molecule has 0 amide bonds. The second kappa shape index (κ2) is 5.60. The highest BCUT2D eigenvalue weighted by molar-refractivity contribution is 7.09. The molecule has 0 saturated heterocycles. The molecule has 0 radical (unpaired) electrons. The number of ether oxygens (including phenoxy) is 1. The summed E-state index contributed by atoms with van der Waals surface area (Å²) in [5, 5.41) is 12.5. The van der Waals surface area contributed by atoms with Crippen molar-refractivity contribution < 1.29 is 41.0 Å². The highest BCUT2D eigenvalue weighted by Crippen LogP contribution is 2.41. The summed E-state index contributed by atoms with van der Waals surface area (Å²) in [5.41, 5.74) is -5.77. The fourth-order valence-corrected chi connectivity index (χ4v) is 1.88. The monoisotopic (exact) mass is 321 g/mol. The molecular formula is C10H7F6O3S-. The summed E-state index contributed by atoms with van der Waals surface area (Å²) in [5.74, 6) is -2.89. The third-order valence-corrected chi connectivity index (χ3v) is 3.18. The largest absolute Gasteiger partial charge is 0.828 e. The van der Waals surface area contributed by atoms with Crippen LogP contribution in [0.5, 0.6) is 0 Å². The maximum Gasteiger partial charge on any atom is 0.399 e. The average Bonchev–Trinajstić information content (AvgIpc) is 2.77. The fraction of sp³-hybridized carbons (Fsp3) is 0.500. The molecule has 114 valence electrons.